The first-order chi connectivity index (χ1) is 15.1. The maximum Gasteiger partial charge on any atom is 0.163 e. The minimum atomic E-state index is 0.553. The second kappa shape index (κ2) is 9.31. The molecule has 0 spiro atoms. The van der Waals surface area contributed by atoms with E-state index in [0.29, 0.717) is 24.7 Å². The third kappa shape index (κ3) is 4.61. The average molecular weight is 435 g/mol. The van der Waals surface area contributed by atoms with Crippen molar-refractivity contribution in [3.05, 3.63) is 52.6 Å². The molecule has 0 bridgehead atoms. The van der Waals surface area contributed by atoms with Crippen molar-refractivity contribution in [2.75, 3.05) is 18.5 Å². The predicted molar refractivity (Wildman–Crippen MR) is 127 cm³/mol. The molecule has 0 saturated heterocycles. The van der Waals surface area contributed by atoms with Gasteiger partial charge in [0.05, 0.1) is 29.4 Å². The molecule has 1 N–H and O–H groups in total. The smallest absolute Gasteiger partial charge is 0.163 e. The summed E-state index contributed by atoms with van der Waals surface area (Å²) in [5.74, 6) is 2.91. The number of thiazole rings is 1. The van der Waals surface area contributed by atoms with Crippen LogP contribution in [-0.4, -0.2) is 28.2 Å². The Morgan fingerprint density at radius 3 is 2.39 bits per heavy atom. The summed E-state index contributed by atoms with van der Waals surface area (Å²) >= 11 is 1.65. The van der Waals surface area contributed by atoms with Crippen molar-refractivity contribution < 1.29 is 9.47 Å². The fourth-order valence-corrected chi connectivity index (χ4v) is 3.99. The maximum atomic E-state index is 5.82. The van der Waals surface area contributed by atoms with Gasteiger partial charge < -0.3 is 14.8 Å². The highest BCUT2D eigenvalue weighted by molar-refractivity contribution is 7.09. The van der Waals surface area contributed by atoms with Gasteiger partial charge in [0.25, 0.3) is 0 Å². The topological polar surface area (TPSA) is 69.2 Å². The second-order valence-electron chi connectivity index (χ2n) is 6.98. The van der Waals surface area contributed by atoms with E-state index < -0.39 is 0 Å². The second-order valence-corrected chi connectivity index (χ2v) is 8.04. The summed E-state index contributed by atoms with van der Waals surface area (Å²) in [6.45, 7) is 9.10. The Balaban J connectivity index is 1.78. The van der Waals surface area contributed by atoms with Crippen molar-refractivity contribution >= 4 is 33.7 Å². The summed E-state index contributed by atoms with van der Waals surface area (Å²) in [5, 5.41) is 7.50. The maximum absolute atomic E-state index is 5.82. The van der Waals surface area contributed by atoms with Gasteiger partial charge in [0, 0.05) is 34.5 Å². The first kappa shape index (κ1) is 21.1. The van der Waals surface area contributed by atoms with Crippen LogP contribution in [0.5, 0.6) is 11.5 Å². The summed E-state index contributed by atoms with van der Waals surface area (Å²) in [5.41, 5.74) is 3.81. The number of ether oxygens (including phenoxy) is 2. The third-order valence-electron chi connectivity index (χ3n) is 4.76. The summed E-state index contributed by atoms with van der Waals surface area (Å²) in [7, 11) is 0. The Labute approximate surface area is 186 Å². The molecule has 6 nitrogen and oxygen atoms in total. The molecular weight excluding hydrogens is 408 g/mol. The number of rotatable bonds is 8. The quantitative estimate of drug-likeness (QED) is 0.358. The average Bonchev–Trinajstić information content (AvgIpc) is 3.21. The van der Waals surface area contributed by atoms with Crippen molar-refractivity contribution in [2.24, 2.45) is 0 Å². The molecule has 0 atom stereocenters. The minimum Gasteiger partial charge on any atom is -0.490 e. The summed E-state index contributed by atoms with van der Waals surface area (Å²) in [4.78, 5) is 14.1. The third-order valence-corrected chi connectivity index (χ3v) is 5.54. The lowest BCUT2D eigenvalue weighted by Gasteiger charge is -2.15. The van der Waals surface area contributed by atoms with Crippen LogP contribution in [0.2, 0.25) is 0 Å². The van der Waals surface area contributed by atoms with Gasteiger partial charge >= 0.3 is 0 Å². The number of anilines is 2. The van der Waals surface area contributed by atoms with Gasteiger partial charge in [-0.3, -0.25) is 0 Å². The van der Waals surface area contributed by atoms with Crippen molar-refractivity contribution in [2.45, 2.75) is 34.1 Å². The summed E-state index contributed by atoms with van der Waals surface area (Å²) < 4.78 is 11.6. The highest BCUT2D eigenvalue weighted by Gasteiger charge is 2.14. The number of nitrogens with one attached hydrogen (secondary N) is 1. The lowest BCUT2D eigenvalue weighted by molar-refractivity contribution is 0.288. The Morgan fingerprint density at radius 1 is 0.935 bits per heavy atom. The first-order valence-corrected chi connectivity index (χ1v) is 11.4. The molecule has 4 rings (SSSR count). The Morgan fingerprint density at radius 2 is 1.71 bits per heavy atom. The molecule has 0 aliphatic carbocycles. The zero-order valence-electron chi connectivity index (χ0n) is 18.2. The molecule has 0 unspecified atom stereocenters. The Bertz CT molecular complexity index is 1210. The highest BCUT2D eigenvalue weighted by Crippen LogP contribution is 2.36. The van der Waals surface area contributed by atoms with Crippen molar-refractivity contribution in [3.63, 3.8) is 0 Å². The fraction of sp³-hybridized carbons (Fsp3) is 0.292. The van der Waals surface area contributed by atoms with Gasteiger partial charge in [-0.25, -0.2) is 15.0 Å². The Kier molecular flexibility index (Phi) is 6.32. The number of benzene rings is 2. The van der Waals surface area contributed by atoms with Crippen LogP contribution < -0.4 is 14.8 Å². The number of hydrogen-bond donors (Lipinski definition) is 1. The van der Waals surface area contributed by atoms with Crippen LogP contribution in [0.15, 0.2) is 41.8 Å². The largest absolute Gasteiger partial charge is 0.490 e. The van der Waals surface area contributed by atoms with Gasteiger partial charge in [0.2, 0.25) is 0 Å². The van der Waals surface area contributed by atoms with E-state index >= 15 is 0 Å². The van der Waals surface area contributed by atoms with Crippen LogP contribution in [0.3, 0.4) is 0 Å². The Hall–Kier alpha value is -3.19. The van der Waals surface area contributed by atoms with Crippen LogP contribution in [0, 0.1) is 6.92 Å². The standard InChI is InChI=1S/C24H26N4O2S/c1-5-23-27-19-13-22(30-7-3)21(29-6-2)12-18(19)24(28-23)26-17-10-8-9-16(11-17)20-14-31-15(4)25-20/h8-14H,5-7H2,1-4H3,(H,26,27,28). The molecule has 4 aromatic rings. The monoisotopic (exact) mass is 434 g/mol. The van der Waals surface area contributed by atoms with Crippen LogP contribution in [0.1, 0.15) is 31.6 Å². The van der Waals surface area contributed by atoms with Crippen molar-refractivity contribution in [1.82, 2.24) is 15.0 Å². The van der Waals surface area contributed by atoms with Crippen LogP contribution >= 0.6 is 11.3 Å². The molecule has 2 aromatic heterocycles. The molecule has 0 aliphatic rings. The van der Waals surface area contributed by atoms with E-state index in [0.717, 1.165) is 50.9 Å². The number of aryl methyl sites for hydroxylation is 2. The molecule has 0 saturated carbocycles. The molecule has 0 amide bonds. The molecule has 2 aromatic carbocycles. The molecule has 31 heavy (non-hydrogen) atoms. The van der Waals surface area contributed by atoms with E-state index in [1.54, 1.807) is 11.3 Å². The molecule has 0 fully saturated rings. The highest BCUT2D eigenvalue weighted by atomic mass is 32.1. The van der Waals surface area contributed by atoms with E-state index in [4.69, 9.17) is 19.4 Å². The molecule has 7 heteroatoms. The number of aromatic nitrogens is 3. The van der Waals surface area contributed by atoms with Gasteiger partial charge in [-0.05, 0) is 39.0 Å². The summed E-state index contributed by atoms with van der Waals surface area (Å²) in [6, 6.07) is 12.1. The van der Waals surface area contributed by atoms with Crippen molar-refractivity contribution in [3.8, 4) is 22.8 Å². The van der Waals surface area contributed by atoms with E-state index in [-0.39, 0.29) is 0 Å². The van der Waals surface area contributed by atoms with E-state index in [9.17, 15) is 0 Å². The normalized spacial score (nSPS) is 11.0. The van der Waals surface area contributed by atoms with E-state index in [1.807, 2.05) is 52.0 Å². The van der Waals surface area contributed by atoms with Crippen LogP contribution in [-0.2, 0) is 6.42 Å². The number of hydrogen-bond acceptors (Lipinski definition) is 7. The molecule has 160 valence electrons. The molecule has 0 radical (unpaired) electrons. The van der Waals surface area contributed by atoms with E-state index in [2.05, 4.69) is 27.8 Å². The predicted octanol–water partition coefficient (Wildman–Crippen LogP) is 6.17. The lowest BCUT2D eigenvalue weighted by Crippen LogP contribution is -2.03. The zero-order valence-corrected chi connectivity index (χ0v) is 19.0. The van der Waals surface area contributed by atoms with Gasteiger partial charge in [-0.1, -0.05) is 19.1 Å². The van der Waals surface area contributed by atoms with Gasteiger partial charge in [-0.15, -0.1) is 11.3 Å². The number of nitrogens with zero attached hydrogens (tertiary/aromatic N) is 3. The van der Waals surface area contributed by atoms with Crippen LogP contribution in [0.25, 0.3) is 22.2 Å². The number of fused-ring (bicyclic) bond motifs is 1. The van der Waals surface area contributed by atoms with Crippen LogP contribution in [0.4, 0.5) is 11.5 Å². The fourth-order valence-electron chi connectivity index (χ4n) is 3.36. The van der Waals surface area contributed by atoms with Crippen molar-refractivity contribution in [1.29, 1.82) is 0 Å². The summed E-state index contributed by atoms with van der Waals surface area (Å²) in [6.07, 6.45) is 0.736. The van der Waals surface area contributed by atoms with Gasteiger partial charge in [0.1, 0.15) is 11.6 Å². The minimum absolute atomic E-state index is 0.553. The lowest BCUT2D eigenvalue weighted by atomic mass is 10.1. The SMILES string of the molecule is CCOc1cc2nc(CC)nc(Nc3cccc(-c4csc(C)n4)c3)c2cc1OCC. The van der Waals surface area contributed by atoms with E-state index in [1.165, 1.54) is 0 Å². The van der Waals surface area contributed by atoms with Gasteiger partial charge in [0.15, 0.2) is 11.5 Å². The first-order valence-electron chi connectivity index (χ1n) is 10.5. The van der Waals surface area contributed by atoms with Gasteiger partial charge in [-0.2, -0.15) is 0 Å². The molecular formula is C24H26N4O2S. The zero-order chi connectivity index (χ0) is 21.8. The molecule has 0 aliphatic heterocycles. The molecule has 2 heterocycles.